The summed E-state index contributed by atoms with van der Waals surface area (Å²) in [7, 11) is -9.89. The first-order valence-electron chi connectivity index (χ1n) is 35.6. The van der Waals surface area contributed by atoms with Crippen LogP contribution in [0.25, 0.3) is 0 Å². The molecule has 0 amide bonds. The summed E-state index contributed by atoms with van der Waals surface area (Å²) in [5.74, 6) is -0.581. The Balaban J connectivity index is 5.26. The van der Waals surface area contributed by atoms with E-state index >= 15 is 0 Å². The molecule has 0 rings (SSSR count). The van der Waals surface area contributed by atoms with Crippen LogP contribution in [0.4, 0.5) is 0 Å². The number of hydrogen-bond donors (Lipinski definition) is 3. The van der Waals surface area contributed by atoms with Crippen LogP contribution in [0.15, 0.2) is 0 Å². The maximum atomic E-state index is 13.0. The highest BCUT2D eigenvalue weighted by Gasteiger charge is 2.30. The molecule has 0 aliphatic carbocycles. The van der Waals surface area contributed by atoms with Crippen molar-refractivity contribution >= 4 is 39.5 Å². The monoisotopic (exact) mass is 1280 g/mol. The lowest BCUT2D eigenvalue weighted by molar-refractivity contribution is -0.161. The molecule has 3 N–H and O–H groups in total. The number of aliphatic hydroxyl groups is 1. The normalized spacial score (nSPS) is 14.8. The average Bonchev–Trinajstić information content (AvgIpc) is 3.67. The first-order chi connectivity index (χ1) is 41.9. The van der Waals surface area contributed by atoms with E-state index in [0.717, 1.165) is 102 Å². The highest BCUT2D eigenvalue weighted by molar-refractivity contribution is 7.47. The molecule has 0 spiro atoms. The Morgan fingerprint density at radius 1 is 0.322 bits per heavy atom. The Morgan fingerprint density at radius 2 is 0.552 bits per heavy atom. The van der Waals surface area contributed by atoms with Gasteiger partial charge in [0.05, 0.1) is 26.4 Å². The number of hydrogen-bond acceptors (Lipinski definition) is 15. The van der Waals surface area contributed by atoms with Crippen LogP contribution in [0.2, 0.25) is 0 Å². The van der Waals surface area contributed by atoms with Crippen molar-refractivity contribution in [3.05, 3.63) is 0 Å². The van der Waals surface area contributed by atoms with Gasteiger partial charge in [0.1, 0.15) is 19.3 Å². The van der Waals surface area contributed by atoms with Gasteiger partial charge in [-0.25, -0.2) is 9.13 Å². The largest absolute Gasteiger partial charge is 0.472 e. The van der Waals surface area contributed by atoms with Gasteiger partial charge in [-0.05, 0) is 37.5 Å². The van der Waals surface area contributed by atoms with Gasteiger partial charge in [-0.1, -0.05) is 292 Å². The third kappa shape index (κ3) is 60.1. The molecule has 0 aromatic carbocycles. The van der Waals surface area contributed by atoms with Crippen LogP contribution in [0.1, 0.15) is 343 Å². The molecule has 0 fully saturated rings. The molecule has 0 aromatic heterocycles. The molecule has 17 nitrogen and oxygen atoms in total. The number of phosphoric ester groups is 2. The number of ether oxygens (including phenoxy) is 4. The second-order valence-corrected chi connectivity index (χ2v) is 28.0. The lowest BCUT2D eigenvalue weighted by Crippen LogP contribution is -2.30. The fraction of sp³-hybridized carbons (Fsp3) is 0.941. The van der Waals surface area contributed by atoms with Crippen molar-refractivity contribution in [2.75, 3.05) is 39.6 Å². The molecule has 87 heavy (non-hydrogen) atoms. The minimum atomic E-state index is -4.95. The maximum absolute atomic E-state index is 13.0. The van der Waals surface area contributed by atoms with Gasteiger partial charge < -0.3 is 33.8 Å². The molecule has 7 atom stereocenters. The second kappa shape index (κ2) is 60.3. The van der Waals surface area contributed by atoms with Gasteiger partial charge in [-0.2, -0.15) is 0 Å². The van der Waals surface area contributed by atoms with Crippen molar-refractivity contribution < 1.29 is 80.2 Å². The SMILES string of the molecule is CCCCCCCCCCCCCCCCC(=O)O[C@H](COC(=O)CCCCCCCCCCC(C)CC)COP(=O)(O)OC[C@@H](O)COP(=O)(O)OC[C@@H](COC(=O)CCCCCCCCCCC)OC(=O)CCCCCCCCCCC(C)CC. The molecule has 0 aliphatic rings. The Kier molecular flexibility index (Phi) is 59.0. The van der Waals surface area contributed by atoms with Gasteiger partial charge in [0, 0.05) is 25.7 Å². The number of unbranched alkanes of at least 4 members (excludes halogenated alkanes) is 35. The van der Waals surface area contributed by atoms with Crippen molar-refractivity contribution in [3.63, 3.8) is 0 Å². The van der Waals surface area contributed by atoms with E-state index in [2.05, 4.69) is 41.5 Å². The van der Waals surface area contributed by atoms with Gasteiger partial charge in [-0.3, -0.25) is 37.3 Å². The number of carbonyl (C=O) groups excluding carboxylic acids is 4. The van der Waals surface area contributed by atoms with Crippen molar-refractivity contribution in [3.8, 4) is 0 Å². The Bertz CT molecular complexity index is 1700. The van der Waals surface area contributed by atoms with Gasteiger partial charge in [-0.15, -0.1) is 0 Å². The van der Waals surface area contributed by atoms with Crippen LogP contribution in [0, 0.1) is 11.8 Å². The minimum Gasteiger partial charge on any atom is -0.462 e. The van der Waals surface area contributed by atoms with E-state index in [0.29, 0.717) is 25.7 Å². The zero-order valence-electron chi connectivity index (χ0n) is 56.3. The van der Waals surface area contributed by atoms with Gasteiger partial charge in [0.2, 0.25) is 0 Å². The van der Waals surface area contributed by atoms with E-state index in [-0.39, 0.29) is 25.7 Å². The number of rotatable bonds is 67. The van der Waals surface area contributed by atoms with Crippen LogP contribution >= 0.6 is 15.6 Å². The van der Waals surface area contributed by atoms with Crippen LogP contribution in [0.5, 0.6) is 0 Å². The van der Waals surface area contributed by atoms with Crippen LogP contribution < -0.4 is 0 Å². The van der Waals surface area contributed by atoms with Crippen molar-refractivity contribution in [1.82, 2.24) is 0 Å². The first kappa shape index (κ1) is 85.1. The number of phosphoric acid groups is 2. The summed E-state index contributed by atoms with van der Waals surface area (Å²) < 4.78 is 68.2. The van der Waals surface area contributed by atoms with E-state index in [1.165, 1.54) is 161 Å². The first-order valence-corrected chi connectivity index (χ1v) is 38.6. The molecule has 516 valence electrons. The molecule has 19 heteroatoms. The summed E-state index contributed by atoms with van der Waals surface area (Å²) in [5.41, 5.74) is 0. The average molecular weight is 1280 g/mol. The third-order valence-corrected chi connectivity index (χ3v) is 18.3. The van der Waals surface area contributed by atoms with Crippen LogP contribution in [-0.4, -0.2) is 96.7 Å². The maximum Gasteiger partial charge on any atom is 0.472 e. The van der Waals surface area contributed by atoms with E-state index < -0.39 is 97.5 Å². The predicted octanol–water partition coefficient (Wildman–Crippen LogP) is 19.2. The molecule has 0 radical (unpaired) electrons. The van der Waals surface area contributed by atoms with E-state index in [9.17, 15) is 43.2 Å². The third-order valence-electron chi connectivity index (χ3n) is 16.4. The number of esters is 4. The number of carbonyl (C=O) groups is 4. The second-order valence-electron chi connectivity index (χ2n) is 25.0. The summed E-state index contributed by atoms with van der Waals surface area (Å²) in [4.78, 5) is 72.4. The fourth-order valence-electron chi connectivity index (χ4n) is 10.2. The Labute approximate surface area is 530 Å². The lowest BCUT2D eigenvalue weighted by atomic mass is 9.99. The van der Waals surface area contributed by atoms with Crippen molar-refractivity contribution in [1.29, 1.82) is 0 Å². The quantitative estimate of drug-likeness (QED) is 0.0222. The van der Waals surface area contributed by atoms with E-state index in [4.69, 9.17) is 37.0 Å². The van der Waals surface area contributed by atoms with E-state index in [1.54, 1.807) is 0 Å². The summed E-state index contributed by atoms with van der Waals surface area (Å²) in [5, 5.41) is 10.6. The summed E-state index contributed by atoms with van der Waals surface area (Å²) >= 11 is 0. The molecule has 4 unspecified atom stereocenters. The smallest absolute Gasteiger partial charge is 0.462 e. The Morgan fingerprint density at radius 3 is 0.816 bits per heavy atom. The highest BCUT2D eigenvalue weighted by Crippen LogP contribution is 2.45. The number of aliphatic hydroxyl groups excluding tert-OH is 1. The van der Waals surface area contributed by atoms with Crippen molar-refractivity contribution in [2.45, 2.75) is 362 Å². The molecular weight excluding hydrogens is 1150 g/mol. The zero-order chi connectivity index (χ0) is 64.3. The Hall–Kier alpha value is -1.94. The minimum absolute atomic E-state index is 0.105. The molecule has 0 heterocycles. The van der Waals surface area contributed by atoms with Gasteiger partial charge in [0.15, 0.2) is 12.2 Å². The lowest BCUT2D eigenvalue weighted by Gasteiger charge is -2.21. The molecule has 0 saturated carbocycles. The topological polar surface area (TPSA) is 237 Å². The standard InChI is InChI=1S/C68H132O17P2/c1-7-11-13-15-17-19-20-21-22-23-25-34-40-46-52-67(72)84-63(57-79-66(71)51-45-39-33-28-26-30-36-42-48-60(5)9-3)58-82-86(74,75)80-54-62(69)55-81-87(76,77)83-59-64(56-78-65(70)50-44-38-32-24-18-16-14-12-8-2)85-68(73)53-47-41-35-29-27-31-37-43-49-61(6)10-4/h60-64,69H,7-59H2,1-6H3,(H,74,75)(H,76,77)/t60?,61?,62-,63-,64-/m1/s1. The van der Waals surface area contributed by atoms with Crippen LogP contribution in [0.3, 0.4) is 0 Å². The molecule has 0 saturated heterocycles. The fourth-order valence-corrected chi connectivity index (χ4v) is 11.8. The summed E-state index contributed by atoms with van der Waals surface area (Å²) in [6.07, 6.45) is 44.2. The molecule has 0 aliphatic heterocycles. The predicted molar refractivity (Wildman–Crippen MR) is 349 cm³/mol. The molecule has 0 bridgehead atoms. The van der Waals surface area contributed by atoms with Crippen LogP contribution in [-0.2, 0) is 65.4 Å². The molecular formula is C68H132O17P2. The van der Waals surface area contributed by atoms with Gasteiger partial charge >= 0.3 is 39.5 Å². The zero-order valence-corrected chi connectivity index (χ0v) is 58.1. The summed E-state index contributed by atoms with van der Waals surface area (Å²) in [6.45, 7) is 9.52. The van der Waals surface area contributed by atoms with E-state index in [1.807, 2.05) is 0 Å². The summed E-state index contributed by atoms with van der Waals surface area (Å²) in [6, 6.07) is 0. The molecule has 0 aromatic rings. The highest BCUT2D eigenvalue weighted by atomic mass is 31.2. The van der Waals surface area contributed by atoms with Gasteiger partial charge in [0.25, 0.3) is 0 Å². The van der Waals surface area contributed by atoms with Crippen molar-refractivity contribution in [2.24, 2.45) is 11.8 Å².